The number of rotatable bonds is 2. The summed E-state index contributed by atoms with van der Waals surface area (Å²) in [6, 6.07) is 5.00. The molecule has 0 bridgehead atoms. The van der Waals surface area contributed by atoms with Crippen molar-refractivity contribution in [2.75, 3.05) is 7.11 Å². The Hall–Kier alpha value is -0.280. The van der Waals surface area contributed by atoms with Gasteiger partial charge in [-0.05, 0) is 6.07 Å². The summed E-state index contributed by atoms with van der Waals surface area (Å²) in [5, 5.41) is 10.0. The molecule has 0 spiro atoms. The van der Waals surface area contributed by atoms with E-state index in [0.717, 1.165) is 0 Å². The van der Waals surface area contributed by atoms with Gasteiger partial charge in [0.15, 0.2) is 6.29 Å². The van der Waals surface area contributed by atoms with Crippen LogP contribution < -0.4 is 0 Å². The normalized spacial score (nSPS) is 13.0. The molecule has 0 aromatic heterocycles. The van der Waals surface area contributed by atoms with E-state index in [9.17, 15) is 5.11 Å². The van der Waals surface area contributed by atoms with Gasteiger partial charge in [-0.3, -0.25) is 0 Å². The lowest BCUT2D eigenvalue weighted by molar-refractivity contribution is -0.0768. The van der Waals surface area contributed by atoms with E-state index in [1.807, 2.05) is 0 Å². The number of aliphatic hydroxyl groups is 1. The van der Waals surface area contributed by atoms with Gasteiger partial charge >= 0.3 is 0 Å². The monoisotopic (exact) mass is 206 g/mol. The maximum Gasteiger partial charge on any atom is 0.182 e. The molecule has 1 aromatic carbocycles. The third-order valence-corrected chi connectivity index (χ3v) is 2.30. The summed E-state index contributed by atoms with van der Waals surface area (Å²) in [7, 11) is 1.39. The van der Waals surface area contributed by atoms with Gasteiger partial charge in [0.05, 0.1) is 10.0 Å². The summed E-state index contributed by atoms with van der Waals surface area (Å²) in [6.07, 6.45) is -1.02. The standard InChI is InChI=1S/C8H8Cl2O2/c1-12-8(11)5-3-2-4-6(9)7(5)10/h2-4,8,11H,1H3. The summed E-state index contributed by atoms with van der Waals surface area (Å²) < 4.78 is 4.68. The quantitative estimate of drug-likeness (QED) is 0.755. The average molecular weight is 207 g/mol. The average Bonchev–Trinajstić information content (AvgIpc) is 2.08. The molecule has 1 aromatic rings. The molecule has 0 saturated carbocycles. The highest BCUT2D eigenvalue weighted by Gasteiger charge is 2.11. The third-order valence-electron chi connectivity index (χ3n) is 1.47. The molecule has 0 radical (unpaired) electrons. The van der Waals surface area contributed by atoms with Crippen molar-refractivity contribution >= 4 is 23.2 Å². The van der Waals surface area contributed by atoms with Crippen molar-refractivity contribution in [3.8, 4) is 0 Å². The van der Waals surface area contributed by atoms with Crippen LogP contribution >= 0.6 is 23.2 Å². The van der Waals surface area contributed by atoms with Crippen molar-refractivity contribution in [1.29, 1.82) is 0 Å². The van der Waals surface area contributed by atoms with Crippen LogP contribution in [0.15, 0.2) is 18.2 Å². The molecule has 2 nitrogen and oxygen atoms in total. The molecule has 0 amide bonds. The summed E-state index contributed by atoms with van der Waals surface area (Å²) in [6.45, 7) is 0. The van der Waals surface area contributed by atoms with Crippen LogP contribution in [0, 0.1) is 0 Å². The van der Waals surface area contributed by atoms with Crippen LogP contribution in [-0.4, -0.2) is 12.2 Å². The van der Waals surface area contributed by atoms with Crippen molar-refractivity contribution in [1.82, 2.24) is 0 Å². The highest BCUT2D eigenvalue weighted by molar-refractivity contribution is 6.42. The fourth-order valence-electron chi connectivity index (χ4n) is 0.838. The molecule has 0 aliphatic heterocycles. The first-order chi connectivity index (χ1) is 5.66. The zero-order valence-electron chi connectivity index (χ0n) is 6.42. The lowest BCUT2D eigenvalue weighted by Crippen LogP contribution is -2.00. The number of ether oxygens (including phenoxy) is 1. The summed E-state index contributed by atoms with van der Waals surface area (Å²) >= 11 is 11.5. The molecule has 0 fully saturated rings. The van der Waals surface area contributed by atoms with Gasteiger partial charge in [0.2, 0.25) is 0 Å². The maximum absolute atomic E-state index is 9.27. The van der Waals surface area contributed by atoms with Gasteiger partial charge in [-0.1, -0.05) is 35.3 Å². The molecule has 0 heterocycles. The minimum atomic E-state index is -1.02. The topological polar surface area (TPSA) is 29.5 Å². The minimum Gasteiger partial charge on any atom is -0.364 e. The van der Waals surface area contributed by atoms with Crippen molar-refractivity contribution in [2.24, 2.45) is 0 Å². The molecule has 1 N–H and O–H groups in total. The Labute approximate surface area is 80.7 Å². The maximum atomic E-state index is 9.27. The first-order valence-corrected chi connectivity index (χ1v) is 4.07. The second kappa shape index (κ2) is 4.10. The Kier molecular flexibility index (Phi) is 3.35. The van der Waals surface area contributed by atoms with Crippen LogP contribution in [0.5, 0.6) is 0 Å². The first-order valence-electron chi connectivity index (χ1n) is 3.31. The second-order valence-corrected chi connectivity index (χ2v) is 3.02. The Morgan fingerprint density at radius 2 is 2.08 bits per heavy atom. The van der Waals surface area contributed by atoms with E-state index in [0.29, 0.717) is 15.6 Å². The molecule has 0 saturated heterocycles. The van der Waals surface area contributed by atoms with Crippen LogP contribution in [0.3, 0.4) is 0 Å². The predicted octanol–water partition coefficient (Wildman–Crippen LogP) is 2.63. The van der Waals surface area contributed by atoms with Crippen LogP contribution in [0.2, 0.25) is 10.0 Å². The number of methoxy groups -OCH3 is 1. The molecule has 1 atom stereocenters. The SMILES string of the molecule is COC(O)c1cccc(Cl)c1Cl. The van der Waals surface area contributed by atoms with Crippen molar-refractivity contribution in [3.05, 3.63) is 33.8 Å². The van der Waals surface area contributed by atoms with E-state index in [1.54, 1.807) is 18.2 Å². The second-order valence-electron chi connectivity index (χ2n) is 2.23. The van der Waals surface area contributed by atoms with Crippen molar-refractivity contribution in [3.63, 3.8) is 0 Å². The molecule has 0 aliphatic rings. The number of aliphatic hydroxyl groups excluding tert-OH is 1. The van der Waals surface area contributed by atoms with E-state index in [-0.39, 0.29) is 0 Å². The van der Waals surface area contributed by atoms with Crippen LogP contribution in [0.25, 0.3) is 0 Å². The fraction of sp³-hybridized carbons (Fsp3) is 0.250. The molecule has 4 heteroatoms. The van der Waals surface area contributed by atoms with Gasteiger partial charge in [0.25, 0.3) is 0 Å². The van der Waals surface area contributed by atoms with Gasteiger partial charge in [-0.2, -0.15) is 0 Å². The van der Waals surface area contributed by atoms with Crippen LogP contribution in [-0.2, 0) is 4.74 Å². The first kappa shape index (κ1) is 9.81. The predicted molar refractivity (Wildman–Crippen MR) is 48.4 cm³/mol. The number of hydrogen-bond acceptors (Lipinski definition) is 2. The Morgan fingerprint density at radius 3 is 2.67 bits per heavy atom. The van der Waals surface area contributed by atoms with E-state index in [4.69, 9.17) is 23.2 Å². The lowest BCUT2D eigenvalue weighted by atomic mass is 10.2. The number of benzene rings is 1. The summed E-state index contributed by atoms with van der Waals surface area (Å²) in [4.78, 5) is 0. The van der Waals surface area contributed by atoms with Crippen LogP contribution in [0.4, 0.5) is 0 Å². The number of hydrogen-bond donors (Lipinski definition) is 1. The fourth-order valence-corrected chi connectivity index (χ4v) is 1.24. The van der Waals surface area contributed by atoms with Crippen molar-refractivity contribution in [2.45, 2.75) is 6.29 Å². The van der Waals surface area contributed by atoms with Gasteiger partial charge in [-0.25, -0.2) is 0 Å². The molecule has 0 aliphatic carbocycles. The minimum absolute atomic E-state index is 0.327. The smallest absolute Gasteiger partial charge is 0.182 e. The number of halogens is 2. The summed E-state index contributed by atoms with van der Waals surface area (Å²) in [5.74, 6) is 0. The molecular weight excluding hydrogens is 199 g/mol. The van der Waals surface area contributed by atoms with Gasteiger partial charge in [0, 0.05) is 12.7 Å². The molecule has 1 rings (SSSR count). The molecule has 66 valence electrons. The molecule has 1 unspecified atom stereocenters. The Bertz CT molecular complexity index is 276. The highest BCUT2D eigenvalue weighted by Crippen LogP contribution is 2.29. The largest absolute Gasteiger partial charge is 0.364 e. The van der Waals surface area contributed by atoms with E-state index < -0.39 is 6.29 Å². The van der Waals surface area contributed by atoms with Gasteiger partial charge in [0.1, 0.15) is 0 Å². The van der Waals surface area contributed by atoms with Crippen molar-refractivity contribution < 1.29 is 9.84 Å². The van der Waals surface area contributed by atoms with Gasteiger partial charge in [-0.15, -0.1) is 0 Å². The van der Waals surface area contributed by atoms with E-state index >= 15 is 0 Å². The Balaban J connectivity index is 3.07. The molecule has 12 heavy (non-hydrogen) atoms. The molecular formula is C8H8Cl2O2. The van der Waals surface area contributed by atoms with Crippen LogP contribution in [0.1, 0.15) is 11.9 Å². The Morgan fingerprint density at radius 1 is 1.42 bits per heavy atom. The van der Waals surface area contributed by atoms with E-state index in [2.05, 4.69) is 4.74 Å². The van der Waals surface area contributed by atoms with Gasteiger partial charge < -0.3 is 9.84 Å². The summed E-state index contributed by atoms with van der Waals surface area (Å²) in [5.41, 5.74) is 0.478. The third kappa shape index (κ3) is 1.90. The zero-order chi connectivity index (χ0) is 9.14. The highest BCUT2D eigenvalue weighted by atomic mass is 35.5. The van der Waals surface area contributed by atoms with E-state index in [1.165, 1.54) is 7.11 Å². The zero-order valence-corrected chi connectivity index (χ0v) is 7.93. The lowest BCUT2D eigenvalue weighted by Gasteiger charge is -2.10.